The van der Waals surface area contributed by atoms with Gasteiger partial charge < -0.3 is 10.5 Å². The number of hydrogen-bond donors (Lipinski definition) is 2. The van der Waals surface area contributed by atoms with Crippen LogP contribution in [0.4, 0.5) is 0 Å². The zero-order chi connectivity index (χ0) is 14.9. The lowest BCUT2D eigenvalue weighted by Gasteiger charge is -2.15. The summed E-state index contributed by atoms with van der Waals surface area (Å²) in [4.78, 5) is 0. The number of nitrogens with one attached hydrogen (secondary N) is 1. The lowest BCUT2D eigenvalue weighted by molar-refractivity contribution is 0.473. The summed E-state index contributed by atoms with van der Waals surface area (Å²) in [6.07, 6.45) is 0. The van der Waals surface area contributed by atoms with Gasteiger partial charge in [-0.1, -0.05) is 27.5 Å². The molecule has 0 aliphatic rings. The Balaban J connectivity index is 2.50. The third-order valence-corrected chi connectivity index (χ3v) is 3.58. The fourth-order valence-electron chi connectivity index (χ4n) is 1.97. The molecule has 20 heavy (non-hydrogen) atoms. The third-order valence-electron chi connectivity index (χ3n) is 2.87. The molecule has 0 atom stereocenters. The van der Waals surface area contributed by atoms with Gasteiger partial charge in [0.1, 0.15) is 17.3 Å². The highest BCUT2D eigenvalue weighted by atomic mass is 79.9. The first-order valence-electron chi connectivity index (χ1n) is 5.97. The van der Waals surface area contributed by atoms with Crippen LogP contribution in [0.25, 0.3) is 0 Å². The van der Waals surface area contributed by atoms with E-state index in [4.69, 9.17) is 27.5 Å². The molecule has 2 aromatic rings. The molecule has 0 saturated carbocycles. The second-order valence-electron chi connectivity index (χ2n) is 4.52. The van der Waals surface area contributed by atoms with Crippen molar-refractivity contribution in [1.82, 2.24) is 0 Å². The van der Waals surface area contributed by atoms with Crippen LogP contribution >= 0.6 is 27.5 Å². The number of hydrogen-bond acceptors (Lipinski definition) is 2. The molecule has 0 spiro atoms. The van der Waals surface area contributed by atoms with Crippen molar-refractivity contribution in [2.24, 2.45) is 5.73 Å². The van der Waals surface area contributed by atoms with Crippen LogP contribution in [-0.4, -0.2) is 5.84 Å². The summed E-state index contributed by atoms with van der Waals surface area (Å²) < 4.78 is 6.82. The minimum absolute atomic E-state index is 0.0308. The Morgan fingerprint density at radius 1 is 1.20 bits per heavy atom. The minimum Gasteiger partial charge on any atom is -0.456 e. The molecule has 0 amide bonds. The van der Waals surface area contributed by atoms with Gasteiger partial charge in [-0.2, -0.15) is 0 Å². The molecule has 5 heteroatoms. The van der Waals surface area contributed by atoms with Crippen molar-refractivity contribution < 1.29 is 4.74 Å². The minimum atomic E-state index is -0.0308. The van der Waals surface area contributed by atoms with Crippen LogP contribution in [0.3, 0.4) is 0 Å². The Hall–Kier alpha value is -1.52. The van der Waals surface area contributed by atoms with E-state index in [0.717, 1.165) is 21.3 Å². The SMILES string of the molecule is Cc1cc(Cl)cc(C)c1Oc1cc(Br)ccc1C(=N)N. The lowest BCUT2D eigenvalue weighted by Crippen LogP contribution is -2.12. The maximum absolute atomic E-state index is 7.62. The van der Waals surface area contributed by atoms with Crippen molar-refractivity contribution in [3.05, 3.63) is 56.5 Å². The number of aryl methyl sites for hydroxylation is 2. The number of amidine groups is 1. The van der Waals surface area contributed by atoms with E-state index in [1.54, 1.807) is 12.1 Å². The van der Waals surface area contributed by atoms with Crippen molar-refractivity contribution in [1.29, 1.82) is 5.41 Å². The van der Waals surface area contributed by atoms with E-state index in [9.17, 15) is 0 Å². The molecule has 0 aromatic heterocycles. The molecule has 0 fully saturated rings. The van der Waals surface area contributed by atoms with Gasteiger partial charge in [0.05, 0.1) is 5.56 Å². The Kier molecular flexibility index (Phi) is 4.35. The number of rotatable bonds is 3. The van der Waals surface area contributed by atoms with E-state index in [1.165, 1.54) is 0 Å². The molecule has 0 unspecified atom stereocenters. The second kappa shape index (κ2) is 5.85. The fourth-order valence-corrected chi connectivity index (χ4v) is 2.64. The van der Waals surface area contributed by atoms with Crippen LogP contribution in [-0.2, 0) is 0 Å². The lowest BCUT2D eigenvalue weighted by atomic mass is 10.1. The largest absolute Gasteiger partial charge is 0.456 e. The molecule has 2 rings (SSSR count). The number of ether oxygens (including phenoxy) is 1. The summed E-state index contributed by atoms with van der Waals surface area (Å²) in [7, 11) is 0. The number of halogens is 2. The molecule has 2 aromatic carbocycles. The van der Waals surface area contributed by atoms with Crippen molar-refractivity contribution in [3.63, 3.8) is 0 Å². The maximum Gasteiger partial charge on any atom is 0.139 e. The van der Waals surface area contributed by atoms with Gasteiger partial charge in [-0.3, -0.25) is 5.41 Å². The van der Waals surface area contributed by atoms with Gasteiger partial charge in [0, 0.05) is 9.50 Å². The van der Waals surface area contributed by atoms with Gasteiger partial charge in [0.2, 0.25) is 0 Å². The van der Waals surface area contributed by atoms with Crippen LogP contribution in [0.2, 0.25) is 5.02 Å². The first-order valence-corrected chi connectivity index (χ1v) is 7.14. The Morgan fingerprint density at radius 2 is 1.80 bits per heavy atom. The van der Waals surface area contributed by atoms with E-state index < -0.39 is 0 Å². The molecule has 0 aliphatic carbocycles. The molecule has 0 radical (unpaired) electrons. The maximum atomic E-state index is 7.62. The van der Waals surface area contributed by atoms with Crippen molar-refractivity contribution in [2.45, 2.75) is 13.8 Å². The number of nitrogens with two attached hydrogens (primary N) is 1. The molecular formula is C15H14BrClN2O. The summed E-state index contributed by atoms with van der Waals surface area (Å²) in [5.41, 5.74) is 8.01. The molecule has 0 aliphatic heterocycles. The Labute approximate surface area is 131 Å². The van der Waals surface area contributed by atoms with Gasteiger partial charge in [0.15, 0.2) is 0 Å². The van der Waals surface area contributed by atoms with Gasteiger partial charge in [0.25, 0.3) is 0 Å². The smallest absolute Gasteiger partial charge is 0.139 e. The summed E-state index contributed by atoms with van der Waals surface area (Å²) in [6.45, 7) is 3.86. The third kappa shape index (κ3) is 3.14. The monoisotopic (exact) mass is 352 g/mol. The van der Waals surface area contributed by atoms with Gasteiger partial charge in [-0.05, 0) is 55.3 Å². The van der Waals surface area contributed by atoms with E-state index in [2.05, 4.69) is 15.9 Å². The molecule has 0 bridgehead atoms. The zero-order valence-corrected chi connectivity index (χ0v) is 13.5. The number of nitrogen functional groups attached to an aromatic ring is 1. The summed E-state index contributed by atoms with van der Waals surface area (Å²) >= 11 is 9.41. The highest BCUT2D eigenvalue weighted by molar-refractivity contribution is 9.10. The molecule has 3 nitrogen and oxygen atoms in total. The zero-order valence-electron chi connectivity index (χ0n) is 11.1. The van der Waals surface area contributed by atoms with Crippen molar-refractivity contribution in [2.75, 3.05) is 0 Å². The van der Waals surface area contributed by atoms with E-state index in [0.29, 0.717) is 16.3 Å². The van der Waals surface area contributed by atoms with Gasteiger partial charge in [-0.15, -0.1) is 0 Å². The fraction of sp³-hybridized carbons (Fsp3) is 0.133. The van der Waals surface area contributed by atoms with E-state index in [-0.39, 0.29) is 5.84 Å². The first-order chi connectivity index (χ1) is 9.38. The average Bonchev–Trinajstić information content (AvgIpc) is 2.33. The van der Waals surface area contributed by atoms with Crippen LogP contribution in [0, 0.1) is 19.3 Å². The summed E-state index contributed by atoms with van der Waals surface area (Å²) in [5, 5.41) is 8.29. The Bertz CT molecular complexity index is 663. The van der Waals surface area contributed by atoms with Crippen LogP contribution in [0.5, 0.6) is 11.5 Å². The highest BCUT2D eigenvalue weighted by Gasteiger charge is 2.12. The molecular weight excluding hydrogens is 340 g/mol. The molecule has 104 valence electrons. The highest BCUT2D eigenvalue weighted by Crippen LogP contribution is 2.34. The molecule has 3 N–H and O–H groups in total. The Morgan fingerprint density at radius 3 is 2.35 bits per heavy atom. The quantitative estimate of drug-likeness (QED) is 0.615. The second-order valence-corrected chi connectivity index (χ2v) is 5.88. The summed E-state index contributed by atoms with van der Waals surface area (Å²) in [5.74, 6) is 1.24. The van der Waals surface area contributed by atoms with Gasteiger partial charge >= 0.3 is 0 Å². The van der Waals surface area contributed by atoms with Crippen LogP contribution in [0.15, 0.2) is 34.8 Å². The average molecular weight is 354 g/mol. The van der Waals surface area contributed by atoms with Crippen molar-refractivity contribution in [3.8, 4) is 11.5 Å². The van der Waals surface area contributed by atoms with E-state index in [1.807, 2.05) is 32.0 Å². The number of benzene rings is 2. The molecule has 0 heterocycles. The summed E-state index contributed by atoms with van der Waals surface area (Å²) in [6, 6.07) is 9.06. The predicted octanol–water partition coefficient (Wildman–Crippen LogP) is 4.80. The normalized spacial score (nSPS) is 10.4. The predicted molar refractivity (Wildman–Crippen MR) is 86.2 cm³/mol. The standard InChI is InChI=1S/C15H14BrClN2O/c1-8-5-11(17)6-9(2)14(8)20-13-7-10(16)3-4-12(13)15(18)19/h3-7H,1-2H3,(H3,18,19). The van der Waals surface area contributed by atoms with Crippen molar-refractivity contribution >= 4 is 33.4 Å². The van der Waals surface area contributed by atoms with Crippen LogP contribution in [0.1, 0.15) is 16.7 Å². The topological polar surface area (TPSA) is 59.1 Å². The van der Waals surface area contributed by atoms with E-state index >= 15 is 0 Å². The van der Waals surface area contributed by atoms with Crippen LogP contribution < -0.4 is 10.5 Å². The van der Waals surface area contributed by atoms with Gasteiger partial charge in [-0.25, -0.2) is 0 Å². The first kappa shape index (κ1) is 14.9. The molecule has 0 saturated heterocycles.